The first-order chi connectivity index (χ1) is 7.18. The Bertz CT molecular complexity index is 334. The van der Waals surface area contributed by atoms with Crippen LogP contribution in [0.3, 0.4) is 0 Å². The Balaban J connectivity index is 2.27. The predicted octanol–water partition coefficient (Wildman–Crippen LogP) is 3.26. The zero-order valence-electron chi connectivity index (χ0n) is 8.89. The van der Waals surface area contributed by atoms with Gasteiger partial charge in [0.25, 0.3) is 0 Å². The fraction of sp³-hybridized carbons (Fsp3) is 0.500. The van der Waals surface area contributed by atoms with Crippen molar-refractivity contribution in [3.63, 3.8) is 0 Å². The Morgan fingerprint density at radius 2 is 1.53 bits per heavy atom. The van der Waals surface area contributed by atoms with Crippen LogP contribution in [0.2, 0.25) is 0 Å². The first-order valence-corrected chi connectivity index (χ1v) is 5.39. The van der Waals surface area contributed by atoms with E-state index in [0.29, 0.717) is 5.69 Å². The van der Waals surface area contributed by atoms with Crippen molar-refractivity contribution in [3.05, 3.63) is 29.3 Å². The van der Waals surface area contributed by atoms with Crippen LogP contribution in [0, 0.1) is 18.6 Å². The molecule has 0 radical (unpaired) electrons. The van der Waals surface area contributed by atoms with Crippen molar-refractivity contribution in [2.75, 3.05) is 18.0 Å². The summed E-state index contributed by atoms with van der Waals surface area (Å²) in [6.07, 6.45) is 3.43. The predicted molar refractivity (Wildman–Crippen MR) is 57.2 cm³/mol. The highest BCUT2D eigenvalue weighted by Crippen LogP contribution is 2.24. The first-order valence-electron chi connectivity index (χ1n) is 5.39. The maximum absolute atomic E-state index is 13.3. The van der Waals surface area contributed by atoms with Crippen molar-refractivity contribution in [2.24, 2.45) is 0 Å². The number of rotatable bonds is 1. The van der Waals surface area contributed by atoms with Crippen LogP contribution in [0.15, 0.2) is 12.1 Å². The summed E-state index contributed by atoms with van der Waals surface area (Å²) in [4.78, 5) is 2.05. The minimum Gasteiger partial charge on any atom is -0.371 e. The SMILES string of the molecule is Cc1c(F)cc(N2CCCCC2)cc1F. The molecular weight excluding hydrogens is 196 g/mol. The lowest BCUT2D eigenvalue weighted by molar-refractivity contribution is 0.553. The summed E-state index contributed by atoms with van der Waals surface area (Å²) in [6, 6.07) is 2.87. The highest BCUT2D eigenvalue weighted by Gasteiger charge is 2.14. The van der Waals surface area contributed by atoms with Gasteiger partial charge < -0.3 is 4.90 Å². The Kier molecular flexibility index (Phi) is 2.89. The van der Waals surface area contributed by atoms with Crippen molar-refractivity contribution >= 4 is 5.69 Å². The number of benzene rings is 1. The second-order valence-electron chi connectivity index (χ2n) is 4.08. The lowest BCUT2D eigenvalue weighted by atomic mass is 10.1. The Hall–Kier alpha value is -1.12. The Morgan fingerprint density at radius 3 is 2.07 bits per heavy atom. The smallest absolute Gasteiger partial charge is 0.131 e. The van der Waals surface area contributed by atoms with Gasteiger partial charge in [-0.15, -0.1) is 0 Å². The normalized spacial score (nSPS) is 16.9. The average molecular weight is 211 g/mol. The molecule has 0 spiro atoms. The summed E-state index contributed by atoms with van der Waals surface area (Å²) >= 11 is 0. The van der Waals surface area contributed by atoms with Crippen molar-refractivity contribution < 1.29 is 8.78 Å². The molecule has 1 nitrogen and oxygen atoms in total. The van der Waals surface area contributed by atoms with Crippen LogP contribution in [0.1, 0.15) is 24.8 Å². The lowest BCUT2D eigenvalue weighted by Crippen LogP contribution is -2.29. The van der Waals surface area contributed by atoms with Crippen LogP contribution in [0.25, 0.3) is 0 Å². The van der Waals surface area contributed by atoms with Gasteiger partial charge in [-0.1, -0.05) is 0 Å². The minimum atomic E-state index is -0.449. The zero-order chi connectivity index (χ0) is 10.8. The van der Waals surface area contributed by atoms with E-state index in [9.17, 15) is 8.78 Å². The van der Waals surface area contributed by atoms with E-state index in [4.69, 9.17) is 0 Å². The van der Waals surface area contributed by atoms with E-state index in [1.807, 2.05) is 0 Å². The fourth-order valence-electron chi connectivity index (χ4n) is 1.97. The van der Waals surface area contributed by atoms with E-state index in [2.05, 4.69) is 4.90 Å². The van der Waals surface area contributed by atoms with E-state index in [0.717, 1.165) is 25.9 Å². The van der Waals surface area contributed by atoms with Crippen molar-refractivity contribution in [1.82, 2.24) is 0 Å². The number of hydrogen-bond donors (Lipinski definition) is 0. The number of hydrogen-bond acceptors (Lipinski definition) is 1. The van der Waals surface area contributed by atoms with Crippen LogP contribution in [0.5, 0.6) is 0 Å². The van der Waals surface area contributed by atoms with Gasteiger partial charge in [0.05, 0.1) is 0 Å². The van der Waals surface area contributed by atoms with Gasteiger partial charge in [-0.05, 0) is 38.3 Å². The van der Waals surface area contributed by atoms with Gasteiger partial charge in [0, 0.05) is 24.3 Å². The van der Waals surface area contributed by atoms with Crippen LogP contribution >= 0.6 is 0 Å². The summed E-state index contributed by atoms with van der Waals surface area (Å²) in [5.74, 6) is -0.897. The van der Waals surface area contributed by atoms with Crippen LogP contribution in [-0.4, -0.2) is 13.1 Å². The molecule has 0 aliphatic carbocycles. The quantitative estimate of drug-likeness (QED) is 0.689. The summed E-state index contributed by atoms with van der Waals surface area (Å²) in [7, 11) is 0. The molecule has 1 aliphatic heterocycles. The first kappa shape index (κ1) is 10.4. The zero-order valence-corrected chi connectivity index (χ0v) is 8.89. The standard InChI is InChI=1S/C12H15F2N/c1-9-11(13)7-10(8-12(9)14)15-5-3-2-4-6-15/h7-8H,2-6H2,1H3. The van der Waals surface area contributed by atoms with Crippen molar-refractivity contribution in [3.8, 4) is 0 Å². The molecule has 0 unspecified atom stereocenters. The molecule has 0 saturated carbocycles. The molecule has 0 aromatic heterocycles. The second kappa shape index (κ2) is 4.17. The maximum atomic E-state index is 13.3. The van der Waals surface area contributed by atoms with Gasteiger partial charge in [0.15, 0.2) is 0 Å². The van der Waals surface area contributed by atoms with E-state index in [1.54, 1.807) is 0 Å². The molecule has 1 aliphatic rings. The number of piperidine rings is 1. The summed E-state index contributed by atoms with van der Waals surface area (Å²) in [6.45, 7) is 3.27. The molecule has 1 fully saturated rings. The van der Waals surface area contributed by atoms with Gasteiger partial charge in [0.2, 0.25) is 0 Å². The van der Waals surface area contributed by atoms with Crippen LogP contribution in [-0.2, 0) is 0 Å². The minimum absolute atomic E-state index is 0.107. The number of halogens is 2. The van der Waals surface area contributed by atoms with E-state index in [-0.39, 0.29) is 5.56 Å². The van der Waals surface area contributed by atoms with Crippen molar-refractivity contribution in [1.29, 1.82) is 0 Å². The van der Waals surface area contributed by atoms with E-state index >= 15 is 0 Å². The third-order valence-electron chi connectivity index (χ3n) is 2.99. The summed E-state index contributed by atoms with van der Waals surface area (Å²) in [5.41, 5.74) is 0.783. The van der Waals surface area contributed by atoms with Crippen LogP contribution < -0.4 is 4.90 Å². The monoisotopic (exact) mass is 211 g/mol. The van der Waals surface area contributed by atoms with Crippen LogP contribution in [0.4, 0.5) is 14.5 Å². The molecule has 1 heterocycles. The molecular formula is C12H15F2N. The number of anilines is 1. The molecule has 0 N–H and O–H groups in total. The topological polar surface area (TPSA) is 3.24 Å². The molecule has 1 aromatic rings. The molecule has 0 bridgehead atoms. The van der Waals surface area contributed by atoms with Gasteiger partial charge in [-0.25, -0.2) is 8.78 Å². The molecule has 1 saturated heterocycles. The third-order valence-corrected chi connectivity index (χ3v) is 2.99. The molecule has 3 heteroatoms. The van der Waals surface area contributed by atoms with Gasteiger partial charge in [-0.3, -0.25) is 0 Å². The Labute approximate surface area is 88.7 Å². The third kappa shape index (κ3) is 2.11. The lowest BCUT2D eigenvalue weighted by Gasteiger charge is -2.29. The molecule has 15 heavy (non-hydrogen) atoms. The second-order valence-corrected chi connectivity index (χ2v) is 4.08. The van der Waals surface area contributed by atoms with E-state index in [1.165, 1.54) is 25.5 Å². The maximum Gasteiger partial charge on any atom is 0.131 e. The molecule has 0 amide bonds. The Morgan fingerprint density at radius 1 is 1.00 bits per heavy atom. The fourth-order valence-corrected chi connectivity index (χ4v) is 1.97. The summed E-state index contributed by atoms with van der Waals surface area (Å²) in [5, 5.41) is 0. The molecule has 82 valence electrons. The van der Waals surface area contributed by atoms with Gasteiger partial charge in [-0.2, -0.15) is 0 Å². The van der Waals surface area contributed by atoms with Gasteiger partial charge in [0.1, 0.15) is 11.6 Å². The number of nitrogens with zero attached hydrogens (tertiary/aromatic N) is 1. The highest BCUT2D eigenvalue weighted by molar-refractivity contribution is 5.49. The average Bonchev–Trinajstić information content (AvgIpc) is 2.26. The van der Waals surface area contributed by atoms with E-state index < -0.39 is 11.6 Å². The molecule has 2 rings (SSSR count). The largest absolute Gasteiger partial charge is 0.371 e. The molecule has 1 aromatic carbocycles. The highest BCUT2D eigenvalue weighted by atomic mass is 19.1. The summed E-state index contributed by atoms with van der Waals surface area (Å²) < 4.78 is 26.7. The molecule has 0 atom stereocenters. The van der Waals surface area contributed by atoms with Crippen molar-refractivity contribution in [2.45, 2.75) is 26.2 Å². The van der Waals surface area contributed by atoms with Gasteiger partial charge >= 0.3 is 0 Å².